The molecule has 2 N–H and O–H groups in total. The summed E-state index contributed by atoms with van der Waals surface area (Å²) in [4.78, 5) is 8.65. The van der Waals surface area contributed by atoms with Crippen LogP contribution in [0.4, 0.5) is 5.69 Å². The predicted octanol–water partition coefficient (Wildman–Crippen LogP) is 2.76. The van der Waals surface area contributed by atoms with Gasteiger partial charge in [-0.25, -0.2) is 9.97 Å². The number of anilines is 1. The van der Waals surface area contributed by atoms with Crippen LogP contribution in [0.15, 0.2) is 21.5 Å². The van der Waals surface area contributed by atoms with Crippen molar-refractivity contribution in [2.75, 3.05) is 12.3 Å². The Morgan fingerprint density at radius 1 is 1.39 bits per heavy atom. The summed E-state index contributed by atoms with van der Waals surface area (Å²) in [5.74, 6) is 1.27. The lowest BCUT2D eigenvalue weighted by Gasteiger charge is -2.07. The maximum absolute atomic E-state index is 5.81. The third-order valence-corrected chi connectivity index (χ3v) is 3.79. The Bertz CT molecular complexity index is 530. The van der Waals surface area contributed by atoms with Gasteiger partial charge in [0.25, 0.3) is 0 Å². The van der Waals surface area contributed by atoms with Gasteiger partial charge in [0.05, 0.1) is 12.3 Å². The molecule has 0 aliphatic carbocycles. The van der Waals surface area contributed by atoms with Gasteiger partial charge in [-0.2, -0.15) is 4.37 Å². The molecule has 0 aliphatic heterocycles. The number of hydrogen-bond acceptors (Lipinski definition) is 7. The number of ether oxygens (including phenoxy) is 1. The van der Waals surface area contributed by atoms with E-state index >= 15 is 0 Å². The molecule has 0 amide bonds. The molecule has 5 nitrogen and oxygen atoms in total. The Morgan fingerprint density at radius 2 is 2.22 bits per heavy atom. The molecule has 0 bridgehead atoms. The first-order chi connectivity index (χ1) is 8.69. The normalized spacial score (nSPS) is 10.6. The van der Waals surface area contributed by atoms with E-state index in [1.165, 1.54) is 23.3 Å². The lowest BCUT2D eigenvalue weighted by molar-refractivity contribution is 0.305. The number of hydrogen-bond donors (Lipinski definition) is 1. The van der Waals surface area contributed by atoms with E-state index in [1.54, 1.807) is 6.07 Å². The lowest BCUT2D eigenvalue weighted by Crippen LogP contribution is -2.01. The van der Waals surface area contributed by atoms with E-state index in [-0.39, 0.29) is 0 Å². The molecule has 7 heteroatoms. The average Bonchev–Trinajstić information content (AvgIpc) is 2.75. The zero-order valence-corrected chi connectivity index (χ0v) is 11.8. The van der Waals surface area contributed by atoms with Crippen LogP contribution in [0.2, 0.25) is 0 Å². The van der Waals surface area contributed by atoms with Crippen molar-refractivity contribution in [3.63, 3.8) is 0 Å². The molecule has 0 saturated carbocycles. The van der Waals surface area contributed by atoms with E-state index in [4.69, 9.17) is 10.5 Å². The third-order valence-electron chi connectivity index (χ3n) is 2.01. The van der Waals surface area contributed by atoms with Crippen molar-refractivity contribution in [3.8, 4) is 5.88 Å². The smallest absolute Gasteiger partial charge is 0.238 e. The monoisotopic (exact) mass is 282 g/mol. The predicted molar refractivity (Wildman–Crippen MR) is 73.2 cm³/mol. The van der Waals surface area contributed by atoms with Crippen LogP contribution in [0.25, 0.3) is 0 Å². The summed E-state index contributed by atoms with van der Waals surface area (Å²) in [5.41, 5.74) is 6.36. The van der Waals surface area contributed by atoms with Crippen LogP contribution in [0.1, 0.15) is 19.2 Å². The van der Waals surface area contributed by atoms with Gasteiger partial charge >= 0.3 is 0 Å². The summed E-state index contributed by atoms with van der Waals surface area (Å²) in [5, 5.41) is 0.812. The highest BCUT2D eigenvalue weighted by Gasteiger charge is 2.08. The van der Waals surface area contributed by atoms with Crippen molar-refractivity contribution in [1.82, 2.24) is 14.3 Å². The molecule has 0 atom stereocenters. The van der Waals surface area contributed by atoms with Gasteiger partial charge < -0.3 is 10.5 Å². The summed E-state index contributed by atoms with van der Waals surface area (Å²) >= 11 is 2.83. The van der Waals surface area contributed by atoms with Crippen molar-refractivity contribution in [2.24, 2.45) is 0 Å². The lowest BCUT2D eigenvalue weighted by atomic mass is 10.4. The van der Waals surface area contributed by atoms with Crippen LogP contribution < -0.4 is 10.5 Å². The number of rotatable bonds is 5. The Hall–Kier alpha value is -1.34. The minimum Gasteiger partial charge on any atom is -0.476 e. The van der Waals surface area contributed by atoms with Crippen molar-refractivity contribution in [3.05, 3.63) is 18.0 Å². The quantitative estimate of drug-likeness (QED) is 0.909. The minimum absolute atomic E-state index is 0.489. The minimum atomic E-state index is 0.489. The molecule has 0 spiro atoms. The van der Waals surface area contributed by atoms with E-state index in [2.05, 4.69) is 14.3 Å². The van der Waals surface area contributed by atoms with Crippen molar-refractivity contribution in [2.45, 2.75) is 29.6 Å². The number of aromatic nitrogens is 3. The summed E-state index contributed by atoms with van der Waals surface area (Å²) in [6, 6.07) is 3.66. The fourth-order valence-corrected chi connectivity index (χ4v) is 2.78. The fourth-order valence-electron chi connectivity index (χ4n) is 1.21. The molecule has 96 valence electrons. The second-order valence-electron chi connectivity index (χ2n) is 3.60. The molecule has 0 fully saturated rings. The van der Waals surface area contributed by atoms with Crippen molar-refractivity contribution in [1.29, 1.82) is 0 Å². The van der Waals surface area contributed by atoms with Gasteiger partial charge in [0.15, 0.2) is 4.34 Å². The third kappa shape index (κ3) is 3.33. The second kappa shape index (κ2) is 6.01. The maximum atomic E-state index is 5.81. The van der Waals surface area contributed by atoms with Gasteiger partial charge in [0.2, 0.25) is 5.88 Å². The van der Waals surface area contributed by atoms with Gasteiger partial charge in [0.1, 0.15) is 10.9 Å². The van der Waals surface area contributed by atoms with Crippen LogP contribution in [0.5, 0.6) is 5.88 Å². The topological polar surface area (TPSA) is 73.9 Å². The molecular formula is C11H14N4OS2. The van der Waals surface area contributed by atoms with Gasteiger partial charge in [-0.1, -0.05) is 6.92 Å². The van der Waals surface area contributed by atoms with Gasteiger partial charge in [-0.15, -0.1) is 0 Å². The Kier molecular flexibility index (Phi) is 4.38. The summed E-state index contributed by atoms with van der Waals surface area (Å²) in [7, 11) is 0. The number of nitrogens with zero attached hydrogens (tertiary/aromatic N) is 3. The van der Waals surface area contributed by atoms with Crippen LogP contribution in [-0.4, -0.2) is 20.9 Å². The highest BCUT2D eigenvalue weighted by atomic mass is 32.2. The fraction of sp³-hybridized carbons (Fsp3) is 0.364. The first kappa shape index (κ1) is 13.1. The second-order valence-corrected chi connectivity index (χ2v) is 5.62. The van der Waals surface area contributed by atoms with E-state index in [9.17, 15) is 0 Å². The summed E-state index contributed by atoms with van der Waals surface area (Å²) in [6.07, 6.45) is 0.925. The maximum Gasteiger partial charge on any atom is 0.238 e. The van der Waals surface area contributed by atoms with Gasteiger partial charge in [-0.3, -0.25) is 0 Å². The van der Waals surface area contributed by atoms with Gasteiger partial charge in [0, 0.05) is 0 Å². The molecule has 0 unspecified atom stereocenters. The van der Waals surface area contributed by atoms with Crippen LogP contribution in [-0.2, 0) is 0 Å². The largest absolute Gasteiger partial charge is 0.476 e. The molecule has 0 aromatic carbocycles. The first-order valence-corrected chi connectivity index (χ1v) is 7.15. The van der Waals surface area contributed by atoms with Crippen LogP contribution in [0, 0.1) is 6.92 Å². The molecular weight excluding hydrogens is 268 g/mol. The first-order valence-electron chi connectivity index (χ1n) is 5.56. The molecule has 2 aromatic rings. The SMILES string of the molecule is CCCOc1nc(Sc2nc(C)ns2)ccc1N. The molecule has 0 aliphatic rings. The summed E-state index contributed by atoms with van der Waals surface area (Å²) in [6.45, 7) is 4.52. The Morgan fingerprint density at radius 3 is 2.89 bits per heavy atom. The van der Waals surface area contributed by atoms with Gasteiger partial charge in [-0.05, 0) is 48.8 Å². The van der Waals surface area contributed by atoms with Crippen LogP contribution in [0.3, 0.4) is 0 Å². The van der Waals surface area contributed by atoms with Crippen molar-refractivity contribution < 1.29 is 4.74 Å². The Labute approximate surface area is 114 Å². The number of aryl methyl sites for hydroxylation is 1. The molecule has 18 heavy (non-hydrogen) atoms. The van der Waals surface area contributed by atoms with E-state index in [1.807, 2.05) is 19.9 Å². The zero-order chi connectivity index (χ0) is 13.0. The highest BCUT2D eigenvalue weighted by molar-refractivity contribution is 8.00. The van der Waals surface area contributed by atoms with Crippen LogP contribution >= 0.6 is 23.3 Å². The Balaban J connectivity index is 2.13. The zero-order valence-electron chi connectivity index (χ0n) is 10.2. The van der Waals surface area contributed by atoms with Crippen molar-refractivity contribution >= 4 is 29.0 Å². The molecule has 0 radical (unpaired) electrons. The molecule has 2 rings (SSSR count). The van der Waals surface area contributed by atoms with E-state index < -0.39 is 0 Å². The number of nitrogens with two attached hydrogens (primary N) is 1. The average molecular weight is 282 g/mol. The number of pyridine rings is 1. The van der Waals surface area contributed by atoms with E-state index in [0.29, 0.717) is 18.2 Å². The summed E-state index contributed by atoms with van der Waals surface area (Å²) < 4.78 is 10.5. The molecule has 2 heterocycles. The number of nitrogen functional groups attached to an aromatic ring is 1. The standard InChI is InChI=1S/C11H14N4OS2/c1-3-6-16-10-8(12)4-5-9(14-10)17-11-13-7(2)15-18-11/h4-5H,3,6,12H2,1-2H3. The molecule has 2 aromatic heterocycles. The molecule has 0 saturated heterocycles. The van der Waals surface area contributed by atoms with E-state index in [0.717, 1.165) is 21.6 Å². The highest BCUT2D eigenvalue weighted by Crippen LogP contribution is 2.30.